The first-order valence-corrected chi connectivity index (χ1v) is 6.90. The van der Waals surface area contributed by atoms with Gasteiger partial charge in [0, 0.05) is 18.0 Å². The van der Waals surface area contributed by atoms with E-state index in [1.807, 2.05) is 24.4 Å². The lowest BCUT2D eigenvalue weighted by atomic mass is 10.2. The van der Waals surface area contributed by atoms with Gasteiger partial charge < -0.3 is 10.2 Å². The zero-order valence-electron chi connectivity index (χ0n) is 10.3. The van der Waals surface area contributed by atoms with Crippen molar-refractivity contribution in [1.82, 2.24) is 15.5 Å². The van der Waals surface area contributed by atoms with E-state index in [0.717, 1.165) is 0 Å². The molecule has 0 spiro atoms. The van der Waals surface area contributed by atoms with Crippen LogP contribution >= 0.6 is 11.3 Å². The summed E-state index contributed by atoms with van der Waals surface area (Å²) in [5.41, 5.74) is 0. The van der Waals surface area contributed by atoms with Crippen LogP contribution in [0.5, 0.6) is 0 Å². The molecular weight excluding hydrogens is 250 g/mol. The first-order valence-electron chi connectivity index (χ1n) is 6.02. The van der Waals surface area contributed by atoms with Gasteiger partial charge in [0.05, 0.1) is 13.1 Å². The van der Waals surface area contributed by atoms with Crippen molar-refractivity contribution in [3.05, 3.63) is 22.4 Å². The number of carbonyl (C=O) groups is 2. The molecule has 0 bridgehead atoms. The van der Waals surface area contributed by atoms with Crippen LogP contribution in [0, 0.1) is 0 Å². The van der Waals surface area contributed by atoms with Gasteiger partial charge in [0.1, 0.15) is 6.04 Å². The van der Waals surface area contributed by atoms with Gasteiger partial charge in [-0.25, -0.2) is 0 Å². The van der Waals surface area contributed by atoms with E-state index in [1.54, 1.807) is 16.2 Å². The number of nitrogens with one attached hydrogen (secondary N) is 2. The van der Waals surface area contributed by atoms with E-state index in [1.165, 1.54) is 4.88 Å². The Labute approximate surface area is 110 Å². The Balaban J connectivity index is 1.95. The highest BCUT2D eigenvalue weighted by Gasteiger charge is 2.27. The van der Waals surface area contributed by atoms with Crippen LogP contribution in [0.2, 0.25) is 0 Å². The second-order valence-electron chi connectivity index (χ2n) is 4.17. The number of rotatable bonds is 4. The number of likely N-dealkylation sites (N-methyl/N-ethyl adjacent to an activating group) is 1. The van der Waals surface area contributed by atoms with E-state index in [2.05, 4.69) is 10.6 Å². The average Bonchev–Trinajstić information content (AvgIpc) is 2.89. The van der Waals surface area contributed by atoms with E-state index >= 15 is 0 Å². The molecule has 1 aliphatic rings. The van der Waals surface area contributed by atoms with Gasteiger partial charge in [-0.2, -0.15) is 0 Å². The van der Waals surface area contributed by atoms with Gasteiger partial charge in [0.15, 0.2) is 0 Å². The van der Waals surface area contributed by atoms with Crippen molar-refractivity contribution in [2.24, 2.45) is 0 Å². The Morgan fingerprint density at radius 3 is 3.00 bits per heavy atom. The summed E-state index contributed by atoms with van der Waals surface area (Å²) in [6, 6.07) is 3.70. The normalized spacial score (nSPS) is 19.4. The Hall–Kier alpha value is -1.40. The predicted molar refractivity (Wildman–Crippen MR) is 70.2 cm³/mol. The fourth-order valence-electron chi connectivity index (χ4n) is 1.90. The second-order valence-corrected chi connectivity index (χ2v) is 5.20. The van der Waals surface area contributed by atoms with E-state index in [4.69, 9.17) is 0 Å². The average molecular weight is 267 g/mol. The molecule has 5 nitrogen and oxygen atoms in total. The van der Waals surface area contributed by atoms with Crippen LogP contribution in [0.1, 0.15) is 11.8 Å². The van der Waals surface area contributed by atoms with E-state index < -0.39 is 0 Å². The zero-order chi connectivity index (χ0) is 13.0. The molecule has 0 radical (unpaired) electrons. The molecular formula is C12H17N3O2S. The Morgan fingerprint density at radius 1 is 1.61 bits per heavy atom. The highest BCUT2D eigenvalue weighted by Crippen LogP contribution is 2.12. The molecule has 1 saturated heterocycles. The lowest BCUT2D eigenvalue weighted by Gasteiger charge is -2.29. The van der Waals surface area contributed by atoms with Gasteiger partial charge in [0.25, 0.3) is 0 Å². The second kappa shape index (κ2) is 5.97. The molecule has 1 aromatic rings. The maximum atomic E-state index is 12.3. The van der Waals surface area contributed by atoms with Crippen LogP contribution in [-0.2, 0) is 16.1 Å². The highest BCUT2D eigenvalue weighted by molar-refractivity contribution is 7.09. The molecule has 2 heterocycles. The van der Waals surface area contributed by atoms with Gasteiger partial charge in [-0.15, -0.1) is 11.3 Å². The minimum Gasteiger partial charge on any atom is -0.353 e. The Morgan fingerprint density at radius 2 is 2.44 bits per heavy atom. The largest absolute Gasteiger partial charge is 0.353 e. The number of amides is 2. The van der Waals surface area contributed by atoms with Crippen molar-refractivity contribution in [3.63, 3.8) is 0 Å². The SMILES string of the molecule is CCN(Cc1cccs1)C(=O)C1CNC(=O)CN1. The van der Waals surface area contributed by atoms with Crippen molar-refractivity contribution in [2.75, 3.05) is 19.6 Å². The van der Waals surface area contributed by atoms with Crippen molar-refractivity contribution in [1.29, 1.82) is 0 Å². The summed E-state index contributed by atoms with van der Waals surface area (Å²) in [4.78, 5) is 26.3. The predicted octanol–water partition coefficient (Wildman–Crippen LogP) is 0.185. The zero-order valence-corrected chi connectivity index (χ0v) is 11.1. The van der Waals surface area contributed by atoms with Crippen LogP contribution in [-0.4, -0.2) is 42.4 Å². The van der Waals surface area contributed by atoms with Crippen molar-refractivity contribution < 1.29 is 9.59 Å². The molecule has 1 aliphatic heterocycles. The maximum Gasteiger partial charge on any atom is 0.241 e. The summed E-state index contributed by atoms with van der Waals surface area (Å²) in [5, 5.41) is 7.67. The molecule has 2 amide bonds. The van der Waals surface area contributed by atoms with Crippen LogP contribution in [0.3, 0.4) is 0 Å². The molecule has 0 aliphatic carbocycles. The molecule has 1 aromatic heterocycles. The fraction of sp³-hybridized carbons (Fsp3) is 0.500. The number of hydrogen-bond donors (Lipinski definition) is 2. The molecule has 2 N–H and O–H groups in total. The molecule has 98 valence electrons. The summed E-state index contributed by atoms with van der Waals surface area (Å²) in [7, 11) is 0. The van der Waals surface area contributed by atoms with Crippen LogP contribution in [0.25, 0.3) is 0 Å². The molecule has 1 atom stereocenters. The lowest BCUT2D eigenvalue weighted by Crippen LogP contribution is -2.58. The van der Waals surface area contributed by atoms with Crippen molar-refractivity contribution in [2.45, 2.75) is 19.5 Å². The topological polar surface area (TPSA) is 61.4 Å². The lowest BCUT2D eigenvalue weighted by molar-refractivity contribution is -0.135. The van der Waals surface area contributed by atoms with E-state index in [9.17, 15) is 9.59 Å². The summed E-state index contributed by atoms with van der Waals surface area (Å²) in [6.45, 7) is 3.86. The summed E-state index contributed by atoms with van der Waals surface area (Å²) in [5.74, 6) is -0.00810. The minimum absolute atomic E-state index is 0.0471. The molecule has 1 unspecified atom stereocenters. The van der Waals surface area contributed by atoms with Gasteiger partial charge >= 0.3 is 0 Å². The fourth-order valence-corrected chi connectivity index (χ4v) is 2.62. The van der Waals surface area contributed by atoms with Gasteiger partial charge in [0.2, 0.25) is 11.8 Å². The third-order valence-corrected chi connectivity index (χ3v) is 3.79. The van der Waals surface area contributed by atoms with Crippen LogP contribution in [0.4, 0.5) is 0 Å². The van der Waals surface area contributed by atoms with E-state index in [-0.39, 0.29) is 24.4 Å². The van der Waals surface area contributed by atoms with Gasteiger partial charge in [-0.05, 0) is 18.4 Å². The highest BCUT2D eigenvalue weighted by atomic mass is 32.1. The van der Waals surface area contributed by atoms with E-state index in [0.29, 0.717) is 19.6 Å². The van der Waals surface area contributed by atoms with Crippen molar-refractivity contribution in [3.8, 4) is 0 Å². The molecule has 0 aromatic carbocycles. The van der Waals surface area contributed by atoms with Crippen molar-refractivity contribution >= 4 is 23.2 Å². The van der Waals surface area contributed by atoms with Gasteiger partial charge in [-0.3, -0.25) is 14.9 Å². The van der Waals surface area contributed by atoms with Crippen LogP contribution < -0.4 is 10.6 Å². The molecule has 2 rings (SSSR count). The summed E-state index contributed by atoms with van der Waals surface area (Å²) >= 11 is 1.65. The number of carbonyl (C=O) groups excluding carboxylic acids is 2. The monoisotopic (exact) mass is 267 g/mol. The third kappa shape index (κ3) is 3.08. The molecule has 0 saturated carbocycles. The summed E-state index contributed by atoms with van der Waals surface area (Å²) in [6.07, 6.45) is 0. The maximum absolute atomic E-state index is 12.3. The summed E-state index contributed by atoms with van der Waals surface area (Å²) < 4.78 is 0. The third-order valence-electron chi connectivity index (χ3n) is 2.93. The number of thiophene rings is 1. The number of piperazine rings is 1. The van der Waals surface area contributed by atoms with Crippen LogP contribution in [0.15, 0.2) is 17.5 Å². The molecule has 1 fully saturated rings. The smallest absolute Gasteiger partial charge is 0.241 e. The van der Waals surface area contributed by atoms with Gasteiger partial charge in [-0.1, -0.05) is 6.07 Å². The quantitative estimate of drug-likeness (QED) is 0.818. The first kappa shape index (κ1) is 13.0. The minimum atomic E-state index is -0.303. The molecule has 18 heavy (non-hydrogen) atoms. The standard InChI is InChI=1S/C12H17N3O2S/c1-2-15(8-9-4-3-5-18-9)12(17)10-6-14-11(16)7-13-10/h3-5,10,13H,2,6-8H2,1H3,(H,14,16). The Bertz CT molecular complexity index is 409. The Kier molecular flexibility index (Phi) is 4.33. The number of hydrogen-bond acceptors (Lipinski definition) is 4. The number of nitrogens with zero attached hydrogens (tertiary/aromatic N) is 1. The molecule has 6 heteroatoms. The first-order chi connectivity index (χ1) is 8.70.